The van der Waals surface area contributed by atoms with Crippen LogP contribution in [-0.2, 0) is 14.0 Å². The van der Waals surface area contributed by atoms with Gasteiger partial charge in [-0.15, -0.1) is 0 Å². The number of hydrogen-bond donors (Lipinski definition) is 2. The molecule has 0 spiro atoms. The van der Waals surface area contributed by atoms with E-state index in [1.54, 1.807) is 18.2 Å². The molecule has 3 aromatic rings. The van der Waals surface area contributed by atoms with Crippen molar-refractivity contribution in [3.8, 4) is 17.2 Å². The molecule has 7 nitrogen and oxygen atoms in total. The van der Waals surface area contributed by atoms with Gasteiger partial charge in [-0.2, -0.15) is 5.26 Å². The van der Waals surface area contributed by atoms with Crippen molar-refractivity contribution in [2.75, 3.05) is 18.9 Å². The van der Waals surface area contributed by atoms with Crippen LogP contribution in [0.25, 0.3) is 17.2 Å². The number of carbonyl (C=O) groups is 1. The third kappa shape index (κ3) is 5.16. The maximum atomic E-state index is 12.9. The number of anilines is 1. The maximum Gasteiger partial charge on any atom is 0.492 e. The topological polar surface area (TPSA) is 107 Å². The van der Waals surface area contributed by atoms with Gasteiger partial charge in [0.15, 0.2) is 0 Å². The molecule has 0 bridgehead atoms. The zero-order valence-corrected chi connectivity index (χ0v) is 22.7. The van der Waals surface area contributed by atoms with Gasteiger partial charge < -0.3 is 25.1 Å². The Morgan fingerprint density at radius 1 is 1.03 bits per heavy atom. The largest absolute Gasteiger partial charge is 0.492 e. The van der Waals surface area contributed by atoms with Gasteiger partial charge in [0.25, 0.3) is 0 Å². The number of nitrogens with two attached hydrogens (primary N) is 1. The highest BCUT2D eigenvalue weighted by Gasteiger charge is 2.52. The lowest BCUT2D eigenvalue weighted by atomic mass is 9.76. The predicted octanol–water partition coefficient (Wildman–Crippen LogP) is 5.69. The van der Waals surface area contributed by atoms with Crippen LogP contribution in [0.5, 0.6) is 0 Å². The Morgan fingerprint density at radius 2 is 1.62 bits per heavy atom. The average molecular weight is 521 g/mol. The number of nitrogens with one attached hydrogen (secondary N) is 1. The number of fused-ring (bicyclic) bond motifs is 3. The van der Waals surface area contributed by atoms with E-state index in [0.717, 1.165) is 11.1 Å². The van der Waals surface area contributed by atoms with E-state index in [4.69, 9.17) is 19.8 Å². The van der Waals surface area contributed by atoms with Gasteiger partial charge in [-0.25, -0.2) is 4.79 Å². The summed E-state index contributed by atoms with van der Waals surface area (Å²) >= 11 is 0. The Bertz CT molecular complexity index is 1430. The Morgan fingerprint density at radius 3 is 2.21 bits per heavy atom. The van der Waals surface area contributed by atoms with Gasteiger partial charge >= 0.3 is 13.2 Å². The van der Waals surface area contributed by atoms with E-state index in [9.17, 15) is 10.1 Å². The number of carbonyl (C=O) groups excluding carboxylic acids is 1. The van der Waals surface area contributed by atoms with Crippen LogP contribution in [0.3, 0.4) is 0 Å². The second kappa shape index (κ2) is 10.3. The number of amides is 1. The summed E-state index contributed by atoms with van der Waals surface area (Å²) in [7, 11) is -0.715. The molecule has 0 atom stereocenters. The Hall–Kier alpha value is -4.06. The smallest absolute Gasteiger partial charge is 0.449 e. The van der Waals surface area contributed by atoms with Crippen molar-refractivity contribution in [1.82, 2.24) is 5.32 Å². The number of nitrogen functional groups attached to an aromatic ring is 1. The Kier molecular flexibility index (Phi) is 6.98. The summed E-state index contributed by atoms with van der Waals surface area (Å²) in [5, 5.41) is 12.5. The minimum atomic E-state index is -0.715. The van der Waals surface area contributed by atoms with Crippen LogP contribution in [0, 0.1) is 11.3 Å². The number of alkyl carbamates (subject to hydrolysis) is 1. The van der Waals surface area contributed by atoms with E-state index in [2.05, 4.69) is 35.7 Å². The van der Waals surface area contributed by atoms with Crippen molar-refractivity contribution in [2.24, 2.45) is 0 Å². The molecule has 0 aromatic heterocycles. The molecule has 2 aliphatic rings. The van der Waals surface area contributed by atoms with Crippen LogP contribution in [0.1, 0.15) is 55.9 Å². The minimum Gasteiger partial charge on any atom is -0.449 e. The molecule has 0 unspecified atom stereocenters. The average Bonchev–Trinajstić information content (AvgIpc) is 3.34. The fourth-order valence-corrected chi connectivity index (χ4v) is 5.02. The van der Waals surface area contributed by atoms with Gasteiger partial charge in [-0.1, -0.05) is 60.7 Å². The van der Waals surface area contributed by atoms with Crippen molar-refractivity contribution >= 4 is 25.0 Å². The fraction of sp³-hybridized carbons (Fsp3) is 0.290. The Balaban J connectivity index is 1.33. The highest BCUT2D eigenvalue weighted by Crippen LogP contribution is 2.44. The van der Waals surface area contributed by atoms with Crippen LogP contribution in [0.4, 0.5) is 10.5 Å². The minimum absolute atomic E-state index is 0.0331. The van der Waals surface area contributed by atoms with Crippen molar-refractivity contribution in [3.05, 3.63) is 94.5 Å². The molecule has 1 saturated heterocycles. The molecular formula is C31H32BN3O4. The normalized spacial score (nSPS) is 17.3. The number of nitrogens with zero attached hydrogens (tertiary/aromatic N) is 1. The van der Waals surface area contributed by atoms with Crippen molar-refractivity contribution in [2.45, 2.75) is 44.8 Å². The lowest BCUT2D eigenvalue weighted by molar-refractivity contribution is 0.00578. The molecule has 1 aliphatic carbocycles. The van der Waals surface area contributed by atoms with Crippen LogP contribution in [0.2, 0.25) is 0 Å². The quantitative estimate of drug-likeness (QED) is 0.319. The monoisotopic (exact) mass is 521 g/mol. The summed E-state index contributed by atoms with van der Waals surface area (Å²) in [5.41, 5.74) is 11.6. The van der Waals surface area contributed by atoms with Crippen molar-refractivity contribution in [3.63, 3.8) is 0 Å². The first-order valence-corrected chi connectivity index (χ1v) is 13.0. The van der Waals surface area contributed by atoms with Gasteiger partial charge in [-0.05, 0) is 73.1 Å². The maximum absolute atomic E-state index is 12.9. The molecule has 3 aromatic carbocycles. The summed E-state index contributed by atoms with van der Waals surface area (Å²) in [6.07, 6.45) is 1.27. The number of ether oxygens (including phenoxy) is 1. The molecule has 5 rings (SSSR count). The number of rotatable bonds is 6. The lowest BCUT2D eigenvalue weighted by Crippen LogP contribution is -2.41. The second-order valence-corrected chi connectivity index (χ2v) is 10.9. The molecule has 1 fully saturated rings. The molecule has 0 radical (unpaired) electrons. The van der Waals surface area contributed by atoms with Gasteiger partial charge in [-0.3, -0.25) is 0 Å². The first-order valence-electron chi connectivity index (χ1n) is 13.0. The Labute approximate surface area is 229 Å². The number of nitriles is 1. The second-order valence-electron chi connectivity index (χ2n) is 10.9. The van der Waals surface area contributed by atoms with Crippen LogP contribution in [-0.4, -0.2) is 37.6 Å². The van der Waals surface area contributed by atoms with Crippen molar-refractivity contribution in [1.29, 1.82) is 5.26 Å². The lowest BCUT2D eigenvalue weighted by Gasteiger charge is -2.32. The molecule has 1 amide bonds. The zero-order chi connectivity index (χ0) is 27.8. The molecular weight excluding hydrogens is 489 g/mol. The van der Waals surface area contributed by atoms with Crippen LogP contribution >= 0.6 is 0 Å². The fourth-order valence-electron chi connectivity index (χ4n) is 5.02. The summed E-state index contributed by atoms with van der Waals surface area (Å²) in [6, 6.07) is 23.7. The highest BCUT2D eigenvalue weighted by atomic mass is 16.7. The molecule has 39 heavy (non-hydrogen) atoms. The van der Waals surface area contributed by atoms with E-state index in [0.29, 0.717) is 22.3 Å². The summed E-state index contributed by atoms with van der Waals surface area (Å²) in [6.45, 7) is 8.19. The first-order chi connectivity index (χ1) is 18.6. The summed E-state index contributed by atoms with van der Waals surface area (Å²) in [4.78, 5) is 12.9. The standard InChI is InChI=1S/C31H32BN3O4/c1-30(2)31(3,4)39-32(38-30)22(15-20-13-14-23(34)16-21(20)17-33)18-35-29(36)37-19-28-26-11-7-5-9-24(26)25-10-6-8-12-27(25)28/h5-16,28H,18-19,34H2,1-4H3,(H,35,36). The van der Waals surface area contributed by atoms with E-state index in [1.165, 1.54) is 11.1 Å². The first kappa shape index (κ1) is 26.5. The zero-order valence-electron chi connectivity index (χ0n) is 22.7. The SMILES string of the molecule is CC1(C)OB(C(=Cc2ccc(N)cc2C#N)CNC(=O)OCC2c3ccccc3-c3ccccc32)OC1(C)C. The third-order valence-electron chi connectivity index (χ3n) is 7.88. The van der Waals surface area contributed by atoms with E-state index < -0.39 is 24.4 Å². The van der Waals surface area contributed by atoms with Gasteiger partial charge in [0.2, 0.25) is 0 Å². The van der Waals surface area contributed by atoms with E-state index in [-0.39, 0.29) is 19.1 Å². The molecule has 198 valence electrons. The summed E-state index contributed by atoms with van der Waals surface area (Å²) in [5.74, 6) is -0.0331. The molecule has 8 heteroatoms. The van der Waals surface area contributed by atoms with Gasteiger partial charge in [0.05, 0.1) is 22.8 Å². The highest BCUT2D eigenvalue weighted by molar-refractivity contribution is 6.56. The molecule has 3 N–H and O–H groups in total. The predicted molar refractivity (Wildman–Crippen MR) is 153 cm³/mol. The molecule has 0 saturated carbocycles. The molecule has 1 aliphatic heterocycles. The number of hydrogen-bond acceptors (Lipinski definition) is 6. The van der Waals surface area contributed by atoms with Crippen LogP contribution < -0.4 is 11.1 Å². The van der Waals surface area contributed by atoms with E-state index in [1.807, 2.05) is 58.0 Å². The van der Waals surface area contributed by atoms with Crippen LogP contribution in [0.15, 0.2) is 72.2 Å². The third-order valence-corrected chi connectivity index (χ3v) is 7.88. The van der Waals surface area contributed by atoms with Gasteiger partial charge in [0.1, 0.15) is 6.61 Å². The summed E-state index contributed by atoms with van der Waals surface area (Å²) < 4.78 is 18.2. The van der Waals surface area contributed by atoms with Gasteiger partial charge in [0, 0.05) is 18.2 Å². The molecule has 1 heterocycles. The van der Waals surface area contributed by atoms with E-state index >= 15 is 0 Å². The van der Waals surface area contributed by atoms with Crippen molar-refractivity contribution < 1.29 is 18.8 Å². The number of benzene rings is 3.